The van der Waals surface area contributed by atoms with Crippen LogP contribution in [0, 0.1) is 11.6 Å². The number of benzene rings is 1. The Hall–Kier alpha value is -2.31. The van der Waals surface area contributed by atoms with Gasteiger partial charge in [-0.05, 0) is 6.07 Å². The molecule has 100 valence electrons. The monoisotopic (exact) mass is 268 g/mol. The average Bonchev–Trinajstić information content (AvgIpc) is 2.61. The molecule has 1 heterocycles. The minimum Gasteiger partial charge on any atom is -0.359 e. The van der Waals surface area contributed by atoms with Gasteiger partial charge in [-0.2, -0.15) is 0 Å². The van der Waals surface area contributed by atoms with Crippen LogP contribution in [0.15, 0.2) is 12.1 Å². The molecule has 0 unspecified atom stereocenters. The van der Waals surface area contributed by atoms with E-state index in [4.69, 9.17) is 0 Å². The highest BCUT2D eigenvalue weighted by atomic mass is 19.2. The van der Waals surface area contributed by atoms with Gasteiger partial charge in [-0.25, -0.2) is 8.78 Å². The minimum atomic E-state index is -1.19. The predicted octanol–water partition coefficient (Wildman–Crippen LogP) is 0.630. The first-order chi connectivity index (χ1) is 8.95. The smallest absolute Gasteiger partial charge is 0.299 e. The Morgan fingerprint density at radius 2 is 1.89 bits per heavy atom. The number of hydrogen-bond donors (Lipinski definition) is 1. The quantitative estimate of drug-likeness (QED) is 0.818. The largest absolute Gasteiger partial charge is 0.359 e. The number of halogens is 2. The molecule has 1 aliphatic heterocycles. The lowest BCUT2D eigenvalue weighted by atomic mass is 10.1. The van der Waals surface area contributed by atoms with Gasteiger partial charge in [0.15, 0.2) is 11.6 Å². The zero-order valence-electron chi connectivity index (χ0n) is 10.00. The molecular weight excluding hydrogens is 258 g/mol. The number of hydrogen-bond acceptors (Lipinski definition) is 3. The van der Waals surface area contributed by atoms with Gasteiger partial charge in [0.1, 0.15) is 0 Å². The van der Waals surface area contributed by atoms with E-state index < -0.39 is 23.3 Å². The van der Waals surface area contributed by atoms with Gasteiger partial charge in [0.2, 0.25) is 5.91 Å². The fraction of sp³-hybridized carbons (Fsp3) is 0.250. The summed E-state index contributed by atoms with van der Waals surface area (Å²) in [5.41, 5.74) is -0.182. The maximum atomic E-state index is 13.2. The van der Waals surface area contributed by atoms with Gasteiger partial charge < -0.3 is 10.2 Å². The van der Waals surface area contributed by atoms with Gasteiger partial charge in [-0.3, -0.25) is 14.4 Å². The summed E-state index contributed by atoms with van der Waals surface area (Å²) in [4.78, 5) is 35.4. The Labute approximate surface area is 107 Å². The lowest BCUT2D eigenvalue weighted by Crippen LogP contribution is -2.33. The highest BCUT2D eigenvalue weighted by Crippen LogP contribution is 2.30. The number of carbonyl (C=O) groups excluding carboxylic acids is 3. The van der Waals surface area contributed by atoms with Crippen molar-refractivity contribution in [1.82, 2.24) is 5.32 Å². The van der Waals surface area contributed by atoms with Crippen LogP contribution in [0.25, 0.3) is 0 Å². The van der Waals surface area contributed by atoms with Gasteiger partial charge in [-0.15, -0.1) is 0 Å². The average molecular weight is 268 g/mol. The van der Waals surface area contributed by atoms with Gasteiger partial charge in [0, 0.05) is 26.1 Å². The number of anilines is 1. The Morgan fingerprint density at radius 3 is 2.53 bits per heavy atom. The van der Waals surface area contributed by atoms with E-state index in [2.05, 4.69) is 5.32 Å². The van der Waals surface area contributed by atoms with Crippen molar-refractivity contribution in [2.75, 3.05) is 18.5 Å². The Kier molecular flexibility index (Phi) is 3.28. The Bertz CT molecular complexity index is 587. The molecule has 1 aliphatic rings. The maximum absolute atomic E-state index is 13.2. The summed E-state index contributed by atoms with van der Waals surface area (Å²) in [6.45, 7) is -0.0671. The van der Waals surface area contributed by atoms with Crippen molar-refractivity contribution in [3.8, 4) is 0 Å². The van der Waals surface area contributed by atoms with Crippen LogP contribution in [0.2, 0.25) is 0 Å². The second kappa shape index (κ2) is 4.75. The van der Waals surface area contributed by atoms with Gasteiger partial charge >= 0.3 is 0 Å². The molecule has 0 fully saturated rings. The van der Waals surface area contributed by atoms with E-state index >= 15 is 0 Å². The Balaban J connectivity index is 2.33. The fourth-order valence-electron chi connectivity index (χ4n) is 1.85. The highest BCUT2D eigenvalue weighted by Gasteiger charge is 2.36. The third-order valence-corrected chi connectivity index (χ3v) is 2.85. The van der Waals surface area contributed by atoms with Crippen molar-refractivity contribution in [3.05, 3.63) is 29.3 Å². The zero-order chi connectivity index (χ0) is 14.2. The maximum Gasteiger partial charge on any atom is 0.299 e. The van der Waals surface area contributed by atoms with E-state index in [1.165, 1.54) is 7.05 Å². The SMILES string of the molecule is CNC(=O)CCN1C(=O)C(=O)c2cc(F)c(F)cc21. The first kappa shape index (κ1) is 13.1. The summed E-state index contributed by atoms with van der Waals surface area (Å²) < 4.78 is 26.2. The molecule has 0 saturated carbocycles. The van der Waals surface area contributed by atoms with Crippen LogP contribution in [0.3, 0.4) is 0 Å². The zero-order valence-corrected chi connectivity index (χ0v) is 10.00. The molecule has 2 rings (SSSR count). The van der Waals surface area contributed by atoms with E-state index in [1.54, 1.807) is 0 Å². The van der Waals surface area contributed by atoms with Crippen molar-refractivity contribution in [2.24, 2.45) is 0 Å². The third kappa shape index (κ3) is 2.18. The van der Waals surface area contributed by atoms with Crippen LogP contribution < -0.4 is 10.2 Å². The van der Waals surface area contributed by atoms with Gasteiger partial charge in [-0.1, -0.05) is 0 Å². The fourth-order valence-corrected chi connectivity index (χ4v) is 1.85. The molecule has 0 atom stereocenters. The van der Waals surface area contributed by atoms with Crippen LogP contribution in [0.5, 0.6) is 0 Å². The van der Waals surface area contributed by atoms with Crippen LogP contribution in [-0.4, -0.2) is 31.2 Å². The molecule has 0 aliphatic carbocycles. The number of ketones is 1. The topological polar surface area (TPSA) is 66.5 Å². The summed E-state index contributed by atoms with van der Waals surface area (Å²) in [5, 5.41) is 2.36. The summed E-state index contributed by atoms with van der Waals surface area (Å²) in [6, 6.07) is 1.49. The number of amides is 2. The summed E-state index contributed by atoms with van der Waals surface area (Å²) in [7, 11) is 1.43. The first-order valence-corrected chi connectivity index (χ1v) is 5.51. The standard InChI is InChI=1S/C12H10F2N2O3/c1-15-10(17)2-3-16-9-5-8(14)7(13)4-6(9)11(18)12(16)19/h4-5H,2-3H2,1H3,(H,15,17). The molecule has 0 radical (unpaired) electrons. The van der Waals surface area contributed by atoms with Crippen LogP contribution in [0.1, 0.15) is 16.8 Å². The molecule has 19 heavy (non-hydrogen) atoms. The molecule has 5 nitrogen and oxygen atoms in total. The van der Waals surface area contributed by atoms with Gasteiger partial charge in [0.05, 0.1) is 11.3 Å². The molecule has 1 aromatic carbocycles. The van der Waals surface area contributed by atoms with Crippen LogP contribution in [0.4, 0.5) is 14.5 Å². The van der Waals surface area contributed by atoms with E-state index in [9.17, 15) is 23.2 Å². The molecule has 0 aromatic heterocycles. The first-order valence-electron chi connectivity index (χ1n) is 5.51. The molecule has 0 bridgehead atoms. The molecule has 7 heteroatoms. The summed E-state index contributed by atoms with van der Waals surface area (Å²) in [6.07, 6.45) is -0.0338. The molecule has 2 amide bonds. The number of fused-ring (bicyclic) bond motifs is 1. The van der Waals surface area contributed by atoms with Gasteiger partial charge in [0.25, 0.3) is 11.7 Å². The number of nitrogens with zero attached hydrogens (tertiary/aromatic N) is 1. The van der Waals surface area contributed by atoms with E-state index in [-0.39, 0.29) is 30.1 Å². The molecule has 0 saturated heterocycles. The van der Waals surface area contributed by atoms with Crippen LogP contribution in [-0.2, 0) is 9.59 Å². The summed E-state index contributed by atoms with van der Waals surface area (Å²) in [5.74, 6) is -4.44. The number of nitrogens with one attached hydrogen (secondary N) is 1. The molecule has 1 aromatic rings. The van der Waals surface area contributed by atoms with E-state index in [0.717, 1.165) is 11.0 Å². The second-order valence-electron chi connectivity index (χ2n) is 3.99. The molecule has 0 spiro atoms. The summed E-state index contributed by atoms with van der Waals surface area (Å²) >= 11 is 0. The Morgan fingerprint density at radius 1 is 1.26 bits per heavy atom. The van der Waals surface area contributed by atoms with Crippen molar-refractivity contribution >= 4 is 23.3 Å². The predicted molar refractivity (Wildman–Crippen MR) is 61.7 cm³/mol. The van der Waals surface area contributed by atoms with E-state index in [1.807, 2.05) is 0 Å². The van der Waals surface area contributed by atoms with E-state index in [0.29, 0.717) is 6.07 Å². The van der Waals surface area contributed by atoms with Crippen molar-refractivity contribution in [2.45, 2.75) is 6.42 Å². The lowest BCUT2D eigenvalue weighted by Gasteiger charge is -2.15. The van der Waals surface area contributed by atoms with Crippen molar-refractivity contribution in [1.29, 1.82) is 0 Å². The second-order valence-corrected chi connectivity index (χ2v) is 3.99. The van der Waals surface area contributed by atoms with Crippen LogP contribution >= 0.6 is 0 Å². The molecular formula is C12H10F2N2O3. The third-order valence-electron chi connectivity index (χ3n) is 2.85. The normalized spacial score (nSPS) is 13.7. The number of Topliss-reactive ketones (excluding diaryl/α,β-unsaturated/α-hetero) is 1. The van der Waals surface area contributed by atoms with Crippen molar-refractivity contribution < 1.29 is 23.2 Å². The lowest BCUT2D eigenvalue weighted by molar-refractivity contribution is -0.120. The number of rotatable bonds is 3. The number of carbonyl (C=O) groups is 3. The molecule has 1 N–H and O–H groups in total. The minimum absolute atomic E-state index is 0.00203. The highest BCUT2D eigenvalue weighted by molar-refractivity contribution is 6.52. The van der Waals surface area contributed by atoms with Crippen molar-refractivity contribution in [3.63, 3.8) is 0 Å².